The summed E-state index contributed by atoms with van der Waals surface area (Å²) < 4.78 is 5.04. The fourth-order valence-electron chi connectivity index (χ4n) is 2.54. The molecule has 0 radical (unpaired) electrons. The number of hydrogen-bond acceptors (Lipinski definition) is 5. The van der Waals surface area contributed by atoms with Gasteiger partial charge in [0.25, 0.3) is 0 Å². The number of methoxy groups -OCH3 is 1. The zero-order valence-corrected chi connectivity index (χ0v) is 12.5. The van der Waals surface area contributed by atoms with Gasteiger partial charge in [-0.1, -0.05) is 13.8 Å². The summed E-state index contributed by atoms with van der Waals surface area (Å²) >= 11 is 5.90. The Kier molecular flexibility index (Phi) is 4.80. The van der Waals surface area contributed by atoms with Crippen molar-refractivity contribution in [2.75, 3.05) is 25.1 Å². The van der Waals surface area contributed by atoms with E-state index in [1.54, 1.807) is 0 Å². The molecular formula is C13H21ClN4O. The standard InChI is InChI=1S/C13H21ClN4O/c1-9(2)10-5-4-7-18(8-6-10)12-15-11(14)16-13(17-12)19-3/h9-10H,4-8H2,1-3H3. The lowest BCUT2D eigenvalue weighted by molar-refractivity contribution is 0.351. The molecule has 1 aliphatic rings. The number of anilines is 1. The molecule has 1 unspecified atom stereocenters. The van der Waals surface area contributed by atoms with Gasteiger partial charge in [-0.15, -0.1) is 0 Å². The lowest BCUT2D eigenvalue weighted by atomic mass is 9.89. The molecule has 1 fully saturated rings. The first-order chi connectivity index (χ1) is 9.10. The highest BCUT2D eigenvalue weighted by Gasteiger charge is 2.21. The second kappa shape index (κ2) is 6.37. The number of halogens is 1. The molecule has 0 bridgehead atoms. The van der Waals surface area contributed by atoms with Gasteiger partial charge >= 0.3 is 6.01 Å². The van der Waals surface area contributed by atoms with E-state index < -0.39 is 0 Å². The molecule has 1 atom stereocenters. The maximum Gasteiger partial charge on any atom is 0.322 e. The highest BCUT2D eigenvalue weighted by Crippen LogP contribution is 2.26. The molecule has 0 saturated carbocycles. The Morgan fingerprint density at radius 2 is 2.00 bits per heavy atom. The molecule has 19 heavy (non-hydrogen) atoms. The normalized spacial score (nSPS) is 20.5. The lowest BCUT2D eigenvalue weighted by Crippen LogP contribution is -2.27. The summed E-state index contributed by atoms with van der Waals surface area (Å²) in [5.74, 6) is 2.14. The van der Waals surface area contributed by atoms with Crippen molar-refractivity contribution in [1.82, 2.24) is 15.0 Å². The molecule has 2 heterocycles. The number of nitrogens with zero attached hydrogens (tertiary/aromatic N) is 4. The second-order valence-electron chi connectivity index (χ2n) is 5.31. The van der Waals surface area contributed by atoms with E-state index in [2.05, 4.69) is 33.7 Å². The first-order valence-corrected chi connectivity index (χ1v) is 7.18. The first-order valence-electron chi connectivity index (χ1n) is 6.80. The van der Waals surface area contributed by atoms with E-state index in [1.807, 2.05) is 0 Å². The maximum atomic E-state index is 5.90. The summed E-state index contributed by atoms with van der Waals surface area (Å²) in [6, 6.07) is 0.277. The summed E-state index contributed by atoms with van der Waals surface area (Å²) in [7, 11) is 1.53. The Labute approximate surface area is 119 Å². The Bertz CT molecular complexity index is 427. The minimum atomic E-state index is 0.187. The van der Waals surface area contributed by atoms with Gasteiger partial charge in [0, 0.05) is 13.1 Å². The zero-order valence-electron chi connectivity index (χ0n) is 11.8. The molecule has 0 spiro atoms. The fourth-order valence-corrected chi connectivity index (χ4v) is 2.69. The van der Waals surface area contributed by atoms with Gasteiger partial charge in [-0.3, -0.25) is 0 Å². The van der Waals surface area contributed by atoms with Crippen LogP contribution in [0.15, 0.2) is 0 Å². The third-order valence-electron chi connectivity index (χ3n) is 3.76. The Balaban J connectivity index is 2.11. The number of aromatic nitrogens is 3. The molecule has 1 aromatic heterocycles. The first kappa shape index (κ1) is 14.3. The molecule has 106 valence electrons. The molecule has 0 amide bonds. The van der Waals surface area contributed by atoms with Gasteiger partial charge in [0.1, 0.15) is 0 Å². The van der Waals surface area contributed by atoms with Crippen molar-refractivity contribution < 1.29 is 4.74 Å². The smallest absolute Gasteiger partial charge is 0.322 e. The van der Waals surface area contributed by atoms with E-state index in [4.69, 9.17) is 16.3 Å². The number of ether oxygens (including phenoxy) is 1. The molecule has 2 rings (SSSR count). The van der Waals surface area contributed by atoms with Crippen LogP contribution in [0.4, 0.5) is 5.95 Å². The average molecular weight is 285 g/mol. The molecule has 1 saturated heterocycles. The van der Waals surface area contributed by atoms with Crippen molar-refractivity contribution >= 4 is 17.5 Å². The van der Waals surface area contributed by atoms with Crippen LogP contribution in [0.5, 0.6) is 6.01 Å². The second-order valence-corrected chi connectivity index (χ2v) is 5.65. The third kappa shape index (κ3) is 3.69. The van der Waals surface area contributed by atoms with Gasteiger partial charge in [0.15, 0.2) is 0 Å². The van der Waals surface area contributed by atoms with Crippen molar-refractivity contribution in [2.45, 2.75) is 33.1 Å². The molecule has 1 aromatic rings. The van der Waals surface area contributed by atoms with Crippen LogP contribution in [-0.2, 0) is 0 Å². The zero-order chi connectivity index (χ0) is 13.8. The Hall–Kier alpha value is -1.10. The van der Waals surface area contributed by atoms with Crippen molar-refractivity contribution in [3.05, 3.63) is 5.28 Å². The van der Waals surface area contributed by atoms with E-state index >= 15 is 0 Å². The van der Waals surface area contributed by atoms with E-state index in [0.29, 0.717) is 5.95 Å². The predicted molar refractivity (Wildman–Crippen MR) is 75.8 cm³/mol. The summed E-state index contributed by atoms with van der Waals surface area (Å²) in [4.78, 5) is 14.6. The minimum absolute atomic E-state index is 0.187. The van der Waals surface area contributed by atoms with Crippen LogP contribution in [0, 0.1) is 11.8 Å². The summed E-state index contributed by atoms with van der Waals surface area (Å²) in [5, 5.41) is 0.187. The van der Waals surface area contributed by atoms with Crippen LogP contribution < -0.4 is 9.64 Å². The summed E-state index contributed by atoms with van der Waals surface area (Å²) in [5.41, 5.74) is 0. The van der Waals surface area contributed by atoms with Crippen molar-refractivity contribution in [3.63, 3.8) is 0 Å². The van der Waals surface area contributed by atoms with Crippen molar-refractivity contribution in [1.29, 1.82) is 0 Å². The maximum absolute atomic E-state index is 5.90. The molecule has 0 N–H and O–H groups in total. The molecule has 5 nitrogen and oxygen atoms in total. The summed E-state index contributed by atoms with van der Waals surface area (Å²) in [6.07, 6.45) is 3.60. The third-order valence-corrected chi connectivity index (χ3v) is 3.93. The predicted octanol–water partition coefficient (Wildman–Crippen LogP) is 2.80. The van der Waals surface area contributed by atoms with Crippen molar-refractivity contribution in [2.24, 2.45) is 11.8 Å². The lowest BCUT2D eigenvalue weighted by Gasteiger charge is -2.21. The summed E-state index contributed by atoms with van der Waals surface area (Å²) in [6.45, 7) is 6.52. The number of rotatable bonds is 3. The van der Waals surface area contributed by atoms with Crippen LogP contribution in [0.3, 0.4) is 0 Å². The van der Waals surface area contributed by atoms with Gasteiger partial charge in [-0.25, -0.2) is 0 Å². The van der Waals surface area contributed by atoms with Gasteiger partial charge < -0.3 is 9.64 Å². The van der Waals surface area contributed by atoms with Crippen LogP contribution in [0.1, 0.15) is 33.1 Å². The number of hydrogen-bond donors (Lipinski definition) is 0. The Morgan fingerprint density at radius 3 is 2.68 bits per heavy atom. The average Bonchev–Trinajstić information content (AvgIpc) is 2.63. The van der Waals surface area contributed by atoms with Gasteiger partial charge in [-0.2, -0.15) is 15.0 Å². The highest BCUT2D eigenvalue weighted by atomic mass is 35.5. The minimum Gasteiger partial charge on any atom is -0.467 e. The SMILES string of the molecule is COc1nc(Cl)nc(N2CCCC(C(C)C)CC2)n1. The van der Waals surface area contributed by atoms with Crippen LogP contribution >= 0.6 is 11.6 Å². The molecule has 1 aliphatic heterocycles. The fraction of sp³-hybridized carbons (Fsp3) is 0.769. The molecule has 0 aliphatic carbocycles. The molecule has 6 heteroatoms. The van der Waals surface area contributed by atoms with Gasteiger partial charge in [0.05, 0.1) is 7.11 Å². The quantitative estimate of drug-likeness (QED) is 0.854. The molecular weight excluding hydrogens is 264 g/mol. The monoisotopic (exact) mass is 284 g/mol. The molecule has 0 aromatic carbocycles. The van der Waals surface area contributed by atoms with E-state index in [-0.39, 0.29) is 11.3 Å². The largest absolute Gasteiger partial charge is 0.467 e. The van der Waals surface area contributed by atoms with Gasteiger partial charge in [-0.05, 0) is 42.7 Å². The van der Waals surface area contributed by atoms with Crippen LogP contribution in [-0.4, -0.2) is 35.2 Å². The highest BCUT2D eigenvalue weighted by molar-refractivity contribution is 6.28. The van der Waals surface area contributed by atoms with E-state index in [1.165, 1.54) is 20.0 Å². The van der Waals surface area contributed by atoms with Crippen LogP contribution in [0.2, 0.25) is 5.28 Å². The van der Waals surface area contributed by atoms with E-state index in [9.17, 15) is 0 Å². The van der Waals surface area contributed by atoms with Crippen LogP contribution in [0.25, 0.3) is 0 Å². The Morgan fingerprint density at radius 1 is 1.21 bits per heavy atom. The van der Waals surface area contributed by atoms with Gasteiger partial charge in [0.2, 0.25) is 11.2 Å². The van der Waals surface area contributed by atoms with Crippen molar-refractivity contribution in [3.8, 4) is 6.01 Å². The topological polar surface area (TPSA) is 51.1 Å². The van der Waals surface area contributed by atoms with E-state index in [0.717, 1.165) is 31.3 Å².